The zero-order valence-corrected chi connectivity index (χ0v) is 12.7. The highest BCUT2D eigenvalue weighted by Crippen LogP contribution is 2.26. The van der Waals surface area contributed by atoms with E-state index >= 15 is 0 Å². The molecule has 1 aromatic rings. The Balaban J connectivity index is 3.11. The molecule has 1 N–H and O–H groups in total. The van der Waals surface area contributed by atoms with E-state index in [0.29, 0.717) is 4.21 Å². The number of rotatable bonds is 7. The van der Waals surface area contributed by atoms with Crippen LogP contribution in [0.1, 0.15) is 31.6 Å². The number of sulfonamides is 1. The summed E-state index contributed by atoms with van der Waals surface area (Å²) < 4.78 is 26.8. The van der Waals surface area contributed by atoms with Gasteiger partial charge in [0, 0.05) is 17.5 Å². The van der Waals surface area contributed by atoms with Crippen LogP contribution in [0.3, 0.4) is 0 Å². The van der Waals surface area contributed by atoms with Gasteiger partial charge in [0.1, 0.15) is 4.21 Å². The molecular weight excluding hydrogens is 270 g/mol. The Bertz CT molecular complexity index is 463. The maximum atomic E-state index is 12.5. The Morgan fingerprint density at radius 2 is 1.94 bits per heavy atom. The molecule has 0 fully saturated rings. The molecule has 0 aliphatic rings. The highest BCUT2D eigenvalue weighted by Gasteiger charge is 2.30. The standard InChI is InChI=1S/C12H21NO3S2/c1-4-11(5-2)13(8-9-14)18(15,16)12-7-6-10(3)17-12/h6-7,11,14H,4-5,8-9H2,1-3H3. The van der Waals surface area contributed by atoms with E-state index in [1.807, 2.05) is 26.8 Å². The lowest BCUT2D eigenvalue weighted by atomic mass is 10.2. The number of hydrogen-bond acceptors (Lipinski definition) is 4. The van der Waals surface area contributed by atoms with Crippen LogP contribution in [0.25, 0.3) is 0 Å². The molecule has 0 saturated carbocycles. The Morgan fingerprint density at radius 3 is 2.33 bits per heavy atom. The maximum absolute atomic E-state index is 12.5. The molecule has 0 spiro atoms. The van der Waals surface area contributed by atoms with Gasteiger partial charge in [-0.3, -0.25) is 0 Å². The highest BCUT2D eigenvalue weighted by atomic mass is 32.2. The van der Waals surface area contributed by atoms with Crippen LogP contribution in [0.15, 0.2) is 16.3 Å². The number of aliphatic hydroxyl groups is 1. The number of thiophene rings is 1. The summed E-state index contributed by atoms with van der Waals surface area (Å²) in [6, 6.07) is 3.40. The summed E-state index contributed by atoms with van der Waals surface area (Å²) in [5, 5.41) is 9.09. The van der Waals surface area contributed by atoms with Crippen molar-refractivity contribution in [1.29, 1.82) is 0 Å². The van der Waals surface area contributed by atoms with E-state index in [9.17, 15) is 8.42 Å². The van der Waals surface area contributed by atoms with E-state index in [0.717, 1.165) is 17.7 Å². The summed E-state index contributed by atoms with van der Waals surface area (Å²) in [6.07, 6.45) is 1.50. The fourth-order valence-corrected chi connectivity index (χ4v) is 5.14. The van der Waals surface area contributed by atoms with Gasteiger partial charge in [-0.15, -0.1) is 11.3 Å². The predicted molar refractivity (Wildman–Crippen MR) is 74.4 cm³/mol. The molecular formula is C12H21NO3S2. The predicted octanol–water partition coefficient (Wildman–Crippen LogP) is 2.23. The quantitative estimate of drug-likeness (QED) is 0.838. The Labute approximate surface area is 113 Å². The lowest BCUT2D eigenvalue weighted by molar-refractivity contribution is 0.220. The zero-order valence-electron chi connectivity index (χ0n) is 11.1. The molecule has 104 valence electrons. The van der Waals surface area contributed by atoms with Crippen LogP contribution in [0, 0.1) is 6.92 Å². The van der Waals surface area contributed by atoms with Crippen LogP contribution in [0.4, 0.5) is 0 Å². The van der Waals surface area contributed by atoms with Gasteiger partial charge in [0.15, 0.2) is 0 Å². The summed E-state index contributed by atoms with van der Waals surface area (Å²) in [5.41, 5.74) is 0. The number of aryl methyl sites for hydroxylation is 1. The maximum Gasteiger partial charge on any atom is 0.252 e. The molecule has 0 aromatic carbocycles. The van der Waals surface area contributed by atoms with Crippen LogP contribution < -0.4 is 0 Å². The van der Waals surface area contributed by atoms with E-state index in [-0.39, 0.29) is 19.2 Å². The second-order valence-electron chi connectivity index (χ2n) is 4.17. The lowest BCUT2D eigenvalue weighted by Crippen LogP contribution is -2.41. The summed E-state index contributed by atoms with van der Waals surface area (Å²) in [6.45, 7) is 5.82. The third-order valence-electron chi connectivity index (χ3n) is 2.95. The van der Waals surface area contributed by atoms with Crippen molar-refractivity contribution in [2.75, 3.05) is 13.2 Å². The van der Waals surface area contributed by atoms with Gasteiger partial charge in [0.25, 0.3) is 10.0 Å². The molecule has 6 heteroatoms. The van der Waals surface area contributed by atoms with Crippen molar-refractivity contribution >= 4 is 21.4 Å². The van der Waals surface area contributed by atoms with Gasteiger partial charge in [-0.05, 0) is 31.9 Å². The third kappa shape index (κ3) is 3.32. The van der Waals surface area contributed by atoms with Gasteiger partial charge >= 0.3 is 0 Å². The average Bonchev–Trinajstić information content (AvgIpc) is 2.77. The zero-order chi connectivity index (χ0) is 13.8. The highest BCUT2D eigenvalue weighted by molar-refractivity contribution is 7.91. The second-order valence-corrected chi connectivity index (χ2v) is 7.58. The third-order valence-corrected chi connectivity index (χ3v) is 6.37. The topological polar surface area (TPSA) is 57.6 Å². The van der Waals surface area contributed by atoms with Crippen molar-refractivity contribution in [3.63, 3.8) is 0 Å². The van der Waals surface area contributed by atoms with Gasteiger partial charge in [-0.2, -0.15) is 4.31 Å². The smallest absolute Gasteiger partial charge is 0.252 e. The SMILES string of the molecule is CCC(CC)N(CCO)S(=O)(=O)c1ccc(C)s1. The van der Waals surface area contributed by atoms with E-state index in [4.69, 9.17) is 5.11 Å². The summed E-state index contributed by atoms with van der Waals surface area (Å²) in [4.78, 5) is 0.974. The van der Waals surface area contributed by atoms with E-state index < -0.39 is 10.0 Å². The molecule has 0 atom stereocenters. The van der Waals surface area contributed by atoms with Gasteiger partial charge in [-0.1, -0.05) is 13.8 Å². The molecule has 1 aromatic heterocycles. The molecule has 0 saturated heterocycles. The molecule has 0 unspecified atom stereocenters. The Morgan fingerprint density at radius 1 is 1.33 bits per heavy atom. The largest absolute Gasteiger partial charge is 0.395 e. The monoisotopic (exact) mass is 291 g/mol. The molecule has 1 rings (SSSR count). The average molecular weight is 291 g/mol. The summed E-state index contributed by atoms with van der Waals surface area (Å²) in [5.74, 6) is 0. The van der Waals surface area contributed by atoms with Gasteiger partial charge in [0.05, 0.1) is 6.61 Å². The van der Waals surface area contributed by atoms with Crippen molar-refractivity contribution in [3.8, 4) is 0 Å². The summed E-state index contributed by atoms with van der Waals surface area (Å²) in [7, 11) is -3.47. The van der Waals surface area contributed by atoms with Crippen molar-refractivity contribution in [1.82, 2.24) is 4.31 Å². The van der Waals surface area contributed by atoms with E-state index in [1.165, 1.54) is 15.6 Å². The van der Waals surface area contributed by atoms with Crippen molar-refractivity contribution < 1.29 is 13.5 Å². The fourth-order valence-electron chi connectivity index (χ4n) is 1.96. The molecule has 0 aliphatic heterocycles. The van der Waals surface area contributed by atoms with Crippen LogP contribution >= 0.6 is 11.3 Å². The van der Waals surface area contributed by atoms with Gasteiger partial charge in [0.2, 0.25) is 0 Å². The molecule has 0 radical (unpaired) electrons. The first-order chi connectivity index (χ1) is 8.47. The first kappa shape index (κ1) is 15.6. The molecule has 1 heterocycles. The lowest BCUT2D eigenvalue weighted by Gasteiger charge is -2.28. The van der Waals surface area contributed by atoms with Crippen molar-refractivity contribution in [2.24, 2.45) is 0 Å². The first-order valence-corrected chi connectivity index (χ1v) is 8.42. The van der Waals surface area contributed by atoms with Gasteiger partial charge < -0.3 is 5.11 Å². The minimum atomic E-state index is -3.47. The normalized spacial score (nSPS) is 12.6. The molecule has 18 heavy (non-hydrogen) atoms. The molecule has 0 bridgehead atoms. The summed E-state index contributed by atoms with van der Waals surface area (Å²) >= 11 is 1.28. The van der Waals surface area contributed by atoms with Crippen LogP contribution in [-0.4, -0.2) is 37.0 Å². The minimum Gasteiger partial charge on any atom is -0.395 e. The van der Waals surface area contributed by atoms with Crippen LogP contribution in [0.2, 0.25) is 0 Å². The Hall–Kier alpha value is -0.430. The fraction of sp³-hybridized carbons (Fsp3) is 0.667. The van der Waals surface area contributed by atoms with Gasteiger partial charge in [-0.25, -0.2) is 8.42 Å². The molecule has 0 amide bonds. The number of hydrogen-bond donors (Lipinski definition) is 1. The van der Waals surface area contributed by atoms with Crippen LogP contribution in [0.5, 0.6) is 0 Å². The van der Waals surface area contributed by atoms with Crippen molar-refractivity contribution in [2.45, 2.75) is 43.9 Å². The second kappa shape index (κ2) is 6.65. The number of nitrogens with zero attached hydrogens (tertiary/aromatic N) is 1. The number of aliphatic hydroxyl groups excluding tert-OH is 1. The Kier molecular flexibility index (Phi) is 5.78. The van der Waals surface area contributed by atoms with E-state index in [1.54, 1.807) is 6.07 Å². The van der Waals surface area contributed by atoms with Crippen LogP contribution in [-0.2, 0) is 10.0 Å². The minimum absolute atomic E-state index is 0.0513. The van der Waals surface area contributed by atoms with E-state index in [2.05, 4.69) is 0 Å². The molecule has 0 aliphatic carbocycles. The first-order valence-electron chi connectivity index (χ1n) is 6.16. The molecule has 4 nitrogen and oxygen atoms in total. The van der Waals surface area contributed by atoms with Crippen molar-refractivity contribution in [3.05, 3.63) is 17.0 Å².